The number of likely N-dealkylation sites (tertiary alicyclic amines) is 2. The van der Waals surface area contributed by atoms with Crippen LogP contribution in [0.1, 0.15) is 32.1 Å². The summed E-state index contributed by atoms with van der Waals surface area (Å²) in [6.45, 7) is 7.10. The van der Waals surface area contributed by atoms with Crippen LogP contribution in [0.25, 0.3) is 0 Å². The fourth-order valence-electron chi connectivity index (χ4n) is 2.60. The molecule has 16 heavy (non-hydrogen) atoms. The summed E-state index contributed by atoms with van der Waals surface area (Å²) >= 11 is 0. The molecule has 2 fully saturated rings. The topological polar surface area (TPSA) is 39.1 Å². The lowest BCUT2D eigenvalue weighted by Crippen LogP contribution is -2.41. The first-order valence-electron chi connectivity index (χ1n) is 6.53. The first-order valence-corrected chi connectivity index (χ1v) is 6.53. The highest BCUT2D eigenvalue weighted by Crippen LogP contribution is 2.10. The highest BCUT2D eigenvalue weighted by molar-refractivity contribution is 5.84. The molecule has 2 aliphatic heterocycles. The second kappa shape index (κ2) is 6.21. The molecule has 0 saturated carbocycles. The number of hydrogen-bond donors (Lipinski definition) is 1. The second-order valence-electron chi connectivity index (χ2n) is 4.91. The van der Waals surface area contributed by atoms with E-state index >= 15 is 0 Å². The van der Waals surface area contributed by atoms with Gasteiger partial charge >= 0.3 is 0 Å². The molecule has 0 aliphatic carbocycles. The van der Waals surface area contributed by atoms with Gasteiger partial charge in [-0.15, -0.1) is 0 Å². The van der Waals surface area contributed by atoms with Crippen LogP contribution in [0, 0.1) is 0 Å². The van der Waals surface area contributed by atoms with Crippen LogP contribution in [0.15, 0.2) is 5.16 Å². The summed E-state index contributed by atoms with van der Waals surface area (Å²) in [7, 11) is 0. The summed E-state index contributed by atoms with van der Waals surface area (Å²) < 4.78 is 0. The summed E-state index contributed by atoms with van der Waals surface area (Å²) in [4.78, 5) is 5.07. The minimum atomic E-state index is 0.941. The van der Waals surface area contributed by atoms with Crippen LogP contribution in [-0.2, 0) is 0 Å². The molecule has 0 amide bonds. The Morgan fingerprint density at radius 3 is 2.00 bits per heavy atom. The van der Waals surface area contributed by atoms with Gasteiger partial charge in [-0.2, -0.15) is 0 Å². The predicted molar refractivity (Wildman–Crippen MR) is 65.2 cm³/mol. The molecule has 0 atom stereocenters. The molecule has 2 heterocycles. The monoisotopic (exact) mass is 225 g/mol. The van der Waals surface area contributed by atoms with Gasteiger partial charge in [-0.25, -0.2) is 0 Å². The van der Waals surface area contributed by atoms with Gasteiger partial charge in [0.2, 0.25) is 0 Å². The Bertz CT molecular complexity index is 226. The van der Waals surface area contributed by atoms with Crippen LogP contribution in [0.3, 0.4) is 0 Å². The lowest BCUT2D eigenvalue weighted by Gasteiger charge is -2.31. The molecule has 0 unspecified atom stereocenters. The Balaban J connectivity index is 1.63. The summed E-state index contributed by atoms with van der Waals surface area (Å²) in [5, 5.41) is 12.0. The van der Waals surface area contributed by atoms with Crippen molar-refractivity contribution in [3.8, 4) is 0 Å². The van der Waals surface area contributed by atoms with Gasteiger partial charge in [0.25, 0.3) is 0 Å². The fourth-order valence-corrected chi connectivity index (χ4v) is 2.60. The Morgan fingerprint density at radius 1 is 0.875 bits per heavy atom. The number of hydrogen-bond acceptors (Lipinski definition) is 4. The highest BCUT2D eigenvalue weighted by atomic mass is 16.4. The second-order valence-corrected chi connectivity index (χ2v) is 4.91. The van der Waals surface area contributed by atoms with Crippen LogP contribution in [0.5, 0.6) is 0 Å². The van der Waals surface area contributed by atoms with E-state index in [0.29, 0.717) is 0 Å². The van der Waals surface area contributed by atoms with E-state index in [4.69, 9.17) is 5.21 Å². The van der Waals surface area contributed by atoms with Crippen molar-refractivity contribution in [3.05, 3.63) is 0 Å². The zero-order valence-electron chi connectivity index (χ0n) is 10.1. The first kappa shape index (κ1) is 11.9. The van der Waals surface area contributed by atoms with E-state index in [2.05, 4.69) is 15.0 Å². The van der Waals surface area contributed by atoms with Gasteiger partial charge in [0, 0.05) is 39.0 Å². The Labute approximate surface area is 97.9 Å². The average Bonchev–Trinajstić information content (AvgIpc) is 2.38. The van der Waals surface area contributed by atoms with Crippen molar-refractivity contribution >= 4 is 5.71 Å². The highest BCUT2D eigenvalue weighted by Gasteiger charge is 2.16. The molecule has 2 rings (SSSR count). The molecule has 0 aromatic heterocycles. The SMILES string of the molecule is ON=C1CCN(CCN2CCCCC2)CC1. The van der Waals surface area contributed by atoms with Crippen molar-refractivity contribution in [1.29, 1.82) is 0 Å². The lowest BCUT2D eigenvalue weighted by atomic mass is 10.1. The normalized spacial score (nSPS) is 24.6. The lowest BCUT2D eigenvalue weighted by molar-refractivity contribution is 0.180. The number of rotatable bonds is 3. The van der Waals surface area contributed by atoms with Gasteiger partial charge in [0.15, 0.2) is 0 Å². The van der Waals surface area contributed by atoms with Gasteiger partial charge in [-0.1, -0.05) is 11.6 Å². The van der Waals surface area contributed by atoms with Gasteiger partial charge in [-0.05, 0) is 25.9 Å². The summed E-state index contributed by atoms with van der Waals surface area (Å²) in [5.74, 6) is 0. The molecule has 92 valence electrons. The third-order valence-electron chi connectivity index (χ3n) is 3.76. The summed E-state index contributed by atoms with van der Waals surface area (Å²) in [6, 6.07) is 0. The molecule has 0 aromatic rings. The van der Waals surface area contributed by atoms with E-state index in [1.807, 2.05) is 0 Å². The van der Waals surface area contributed by atoms with Gasteiger partial charge < -0.3 is 15.0 Å². The smallest absolute Gasteiger partial charge is 0.0596 e. The summed E-state index contributed by atoms with van der Waals surface area (Å²) in [5.41, 5.74) is 0.967. The molecule has 0 aromatic carbocycles. The molecule has 2 aliphatic rings. The van der Waals surface area contributed by atoms with Gasteiger partial charge in [-0.3, -0.25) is 0 Å². The average molecular weight is 225 g/mol. The maximum atomic E-state index is 8.67. The molecule has 4 nitrogen and oxygen atoms in total. The van der Waals surface area contributed by atoms with E-state index < -0.39 is 0 Å². The van der Waals surface area contributed by atoms with Crippen LogP contribution in [0.4, 0.5) is 0 Å². The standard InChI is InChI=1S/C12H23N3O/c16-13-12-4-8-15(9-5-12)11-10-14-6-2-1-3-7-14/h16H,1-11H2. The molecular weight excluding hydrogens is 202 g/mol. The maximum Gasteiger partial charge on any atom is 0.0596 e. The van der Waals surface area contributed by atoms with E-state index in [9.17, 15) is 0 Å². The molecule has 1 N–H and O–H groups in total. The summed E-state index contributed by atoms with van der Waals surface area (Å²) in [6.07, 6.45) is 6.05. The predicted octanol–water partition coefficient (Wildman–Crippen LogP) is 1.40. The molecular formula is C12H23N3O. The zero-order chi connectivity index (χ0) is 11.2. The third kappa shape index (κ3) is 3.46. The van der Waals surface area contributed by atoms with Crippen molar-refractivity contribution in [3.63, 3.8) is 0 Å². The van der Waals surface area contributed by atoms with E-state index in [1.165, 1.54) is 45.4 Å². The van der Waals surface area contributed by atoms with Crippen LogP contribution >= 0.6 is 0 Å². The largest absolute Gasteiger partial charge is 0.411 e. The minimum absolute atomic E-state index is 0.941. The Kier molecular flexibility index (Phi) is 4.60. The molecule has 0 radical (unpaired) electrons. The third-order valence-corrected chi connectivity index (χ3v) is 3.76. The van der Waals surface area contributed by atoms with Crippen molar-refractivity contribution in [1.82, 2.24) is 9.80 Å². The first-order chi connectivity index (χ1) is 7.88. The van der Waals surface area contributed by atoms with E-state index in [0.717, 1.165) is 31.6 Å². The Hall–Kier alpha value is -0.610. The van der Waals surface area contributed by atoms with Gasteiger partial charge in [0.1, 0.15) is 0 Å². The number of nitrogens with zero attached hydrogens (tertiary/aromatic N) is 3. The number of oxime groups is 1. The van der Waals surface area contributed by atoms with Crippen molar-refractivity contribution in [2.24, 2.45) is 5.16 Å². The van der Waals surface area contributed by atoms with Gasteiger partial charge in [0.05, 0.1) is 5.71 Å². The molecule has 4 heteroatoms. The fraction of sp³-hybridized carbons (Fsp3) is 0.917. The number of piperidine rings is 2. The van der Waals surface area contributed by atoms with Crippen LogP contribution < -0.4 is 0 Å². The quantitative estimate of drug-likeness (QED) is 0.583. The maximum absolute atomic E-state index is 8.67. The molecule has 0 bridgehead atoms. The van der Waals surface area contributed by atoms with Crippen molar-refractivity contribution in [2.75, 3.05) is 39.3 Å². The van der Waals surface area contributed by atoms with Crippen molar-refractivity contribution in [2.45, 2.75) is 32.1 Å². The van der Waals surface area contributed by atoms with Crippen LogP contribution in [-0.4, -0.2) is 60.0 Å². The van der Waals surface area contributed by atoms with Crippen LogP contribution in [0.2, 0.25) is 0 Å². The van der Waals surface area contributed by atoms with E-state index in [-0.39, 0.29) is 0 Å². The van der Waals surface area contributed by atoms with Crippen molar-refractivity contribution < 1.29 is 5.21 Å². The Morgan fingerprint density at radius 2 is 1.44 bits per heavy atom. The van der Waals surface area contributed by atoms with E-state index in [1.54, 1.807) is 0 Å². The molecule has 2 saturated heterocycles. The zero-order valence-corrected chi connectivity index (χ0v) is 10.1. The molecule has 0 spiro atoms. The minimum Gasteiger partial charge on any atom is -0.411 e.